The van der Waals surface area contributed by atoms with Crippen molar-refractivity contribution in [3.05, 3.63) is 66.4 Å². The summed E-state index contributed by atoms with van der Waals surface area (Å²) in [6.45, 7) is 11.0. The van der Waals surface area contributed by atoms with Gasteiger partial charge in [-0.2, -0.15) is 0 Å². The number of aliphatic hydroxyl groups is 2. The normalized spacial score (nSPS) is 25.4. The van der Waals surface area contributed by atoms with Crippen molar-refractivity contribution in [2.24, 2.45) is 22.7 Å². The maximum absolute atomic E-state index is 11.2. The van der Waals surface area contributed by atoms with Gasteiger partial charge in [0.05, 0.1) is 12.2 Å². The van der Waals surface area contributed by atoms with E-state index in [1.165, 1.54) is 35.6 Å². The van der Waals surface area contributed by atoms with Crippen LogP contribution in [0.1, 0.15) is 91.0 Å². The first kappa shape index (κ1) is 31.9. The zero-order valence-electron chi connectivity index (χ0n) is 24.5. The quantitative estimate of drug-likeness (QED) is 0.262. The molecule has 2 aliphatic carbocycles. The molecule has 39 heavy (non-hydrogen) atoms. The number of rotatable bonds is 5. The molecule has 0 spiro atoms. The van der Waals surface area contributed by atoms with Crippen molar-refractivity contribution in [2.75, 3.05) is 0 Å². The molecule has 2 saturated carbocycles. The van der Waals surface area contributed by atoms with Crippen molar-refractivity contribution in [1.82, 2.24) is 4.98 Å². The molecule has 4 unspecified atom stereocenters. The third-order valence-electron chi connectivity index (χ3n) is 10.6. The maximum Gasteiger partial charge on any atom is 0.0651 e. The van der Waals surface area contributed by atoms with Gasteiger partial charge < -0.3 is 15.2 Å². The fourth-order valence-corrected chi connectivity index (χ4v) is 7.59. The fourth-order valence-electron chi connectivity index (χ4n) is 7.59. The van der Waals surface area contributed by atoms with Crippen molar-refractivity contribution in [2.45, 2.75) is 105 Å². The van der Waals surface area contributed by atoms with Crippen LogP contribution in [0.5, 0.6) is 0 Å². The minimum absolute atomic E-state index is 0. The molecular formula is C35H48IrNO2-. The van der Waals surface area contributed by atoms with Crippen molar-refractivity contribution >= 4 is 10.8 Å². The second-order valence-electron chi connectivity index (χ2n) is 11.9. The average molecular weight is 707 g/mol. The van der Waals surface area contributed by atoms with E-state index in [9.17, 15) is 10.2 Å². The molecular weight excluding hydrogens is 659 g/mol. The summed E-state index contributed by atoms with van der Waals surface area (Å²) in [5.41, 5.74) is 3.37. The summed E-state index contributed by atoms with van der Waals surface area (Å²) in [6, 6.07) is 19.5. The van der Waals surface area contributed by atoms with Crippen LogP contribution in [-0.2, 0) is 20.1 Å². The fraction of sp³-hybridized carbons (Fsp3) is 0.571. The van der Waals surface area contributed by atoms with E-state index < -0.39 is 0 Å². The van der Waals surface area contributed by atoms with Crippen LogP contribution in [-0.4, -0.2) is 27.4 Å². The molecule has 4 atom stereocenters. The van der Waals surface area contributed by atoms with Gasteiger partial charge in [0.1, 0.15) is 0 Å². The van der Waals surface area contributed by atoms with Crippen LogP contribution in [0.3, 0.4) is 0 Å². The number of aromatic nitrogens is 1. The van der Waals surface area contributed by atoms with E-state index in [-0.39, 0.29) is 49.1 Å². The molecule has 2 fully saturated rings. The summed E-state index contributed by atoms with van der Waals surface area (Å²) < 4.78 is 0. The number of aliphatic hydroxyl groups excluding tert-OH is 2. The topological polar surface area (TPSA) is 53.4 Å². The van der Waals surface area contributed by atoms with E-state index in [1.54, 1.807) is 0 Å². The van der Waals surface area contributed by atoms with Gasteiger partial charge in [-0.05, 0) is 97.1 Å². The van der Waals surface area contributed by atoms with Gasteiger partial charge in [-0.25, -0.2) is 0 Å². The molecule has 0 saturated heterocycles. The molecule has 2 aliphatic rings. The SMILES string of the molecule is CCC1(CC)CCCC2CCC(CC)(CC)C(O)C2C1O.Cc1cccc2cnc(-c3[c-]cccc3)cc12.[Ir]. The number of nitrogens with zero attached hydrogens (tertiary/aromatic N) is 1. The number of aryl methyl sites for hydroxylation is 1. The Kier molecular flexibility index (Phi) is 11.3. The molecule has 0 bridgehead atoms. The first-order chi connectivity index (χ1) is 18.3. The third kappa shape index (κ3) is 6.35. The predicted octanol–water partition coefficient (Wildman–Crippen LogP) is 8.54. The Morgan fingerprint density at radius 2 is 1.54 bits per heavy atom. The standard InChI is InChI=1S/C19H36O2.C16H12N.Ir/c1-5-18(6-2)12-9-10-14-11-13-19(7-3,8-4)17(21)15(14)16(18)20;1-12-6-5-9-14-11-17-16(10-15(12)14)13-7-3-2-4-8-13;/h14-17,20-21H,5-13H2,1-4H3;2-7,9-11H,1H3;/q;-1;. The Morgan fingerprint density at radius 3 is 2.15 bits per heavy atom. The predicted molar refractivity (Wildman–Crippen MR) is 159 cm³/mol. The Balaban J connectivity index is 0.000000214. The van der Waals surface area contributed by atoms with Crippen LogP contribution in [0.15, 0.2) is 54.7 Å². The van der Waals surface area contributed by atoms with E-state index >= 15 is 0 Å². The average Bonchev–Trinajstić information content (AvgIpc) is 3.11. The molecule has 1 radical (unpaired) electrons. The summed E-state index contributed by atoms with van der Waals surface area (Å²) in [4.78, 5) is 4.49. The first-order valence-corrected chi connectivity index (χ1v) is 15.0. The van der Waals surface area contributed by atoms with Crippen LogP contribution in [0, 0.1) is 35.7 Å². The smallest absolute Gasteiger partial charge is 0.0651 e. The van der Waals surface area contributed by atoms with E-state index in [0.717, 1.165) is 49.8 Å². The minimum atomic E-state index is -0.326. The molecule has 5 rings (SSSR count). The van der Waals surface area contributed by atoms with Crippen molar-refractivity contribution in [3.8, 4) is 11.3 Å². The summed E-state index contributed by atoms with van der Waals surface area (Å²) in [5, 5.41) is 24.8. The van der Waals surface area contributed by atoms with Gasteiger partial charge in [0.2, 0.25) is 0 Å². The molecule has 3 nitrogen and oxygen atoms in total. The van der Waals surface area contributed by atoms with E-state index in [0.29, 0.717) is 5.92 Å². The Hall–Kier alpha value is -1.58. The van der Waals surface area contributed by atoms with Crippen molar-refractivity contribution < 1.29 is 30.3 Å². The Labute approximate surface area is 250 Å². The van der Waals surface area contributed by atoms with Crippen molar-refractivity contribution in [3.63, 3.8) is 0 Å². The number of benzene rings is 2. The van der Waals surface area contributed by atoms with Gasteiger partial charge in [0, 0.05) is 32.2 Å². The summed E-state index contributed by atoms with van der Waals surface area (Å²) >= 11 is 0. The Morgan fingerprint density at radius 1 is 0.872 bits per heavy atom. The van der Waals surface area contributed by atoms with Gasteiger partial charge in [0.15, 0.2) is 0 Å². The molecule has 1 aromatic heterocycles. The second-order valence-corrected chi connectivity index (χ2v) is 11.9. The molecule has 0 amide bonds. The molecule has 0 aliphatic heterocycles. The van der Waals surface area contributed by atoms with Gasteiger partial charge in [-0.1, -0.05) is 58.4 Å². The summed E-state index contributed by atoms with van der Waals surface area (Å²) in [6.07, 6.45) is 11.3. The number of pyridine rings is 1. The van der Waals surface area contributed by atoms with Crippen LogP contribution in [0.4, 0.5) is 0 Å². The summed E-state index contributed by atoms with van der Waals surface area (Å²) in [7, 11) is 0. The van der Waals surface area contributed by atoms with Gasteiger partial charge in [-0.15, -0.1) is 35.9 Å². The molecule has 2 N–H and O–H groups in total. The molecule has 3 aromatic rings. The van der Waals surface area contributed by atoms with Crippen LogP contribution >= 0.6 is 0 Å². The van der Waals surface area contributed by atoms with Crippen LogP contribution < -0.4 is 0 Å². The molecule has 2 aromatic carbocycles. The van der Waals surface area contributed by atoms with E-state index in [2.05, 4.69) is 69.9 Å². The molecule has 215 valence electrons. The minimum Gasteiger partial charge on any atom is -0.392 e. The first-order valence-electron chi connectivity index (χ1n) is 15.0. The molecule has 1 heterocycles. The van der Waals surface area contributed by atoms with Gasteiger partial charge in [0.25, 0.3) is 0 Å². The number of hydrogen-bond acceptors (Lipinski definition) is 3. The maximum atomic E-state index is 11.2. The van der Waals surface area contributed by atoms with E-state index in [4.69, 9.17) is 0 Å². The van der Waals surface area contributed by atoms with Gasteiger partial charge in [-0.3, -0.25) is 0 Å². The zero-order chi connectivity index (χ0) is 27.3. The summed E-state index contributed by atoms with van der Waals surface area (Å²) in [5.74, 6) is 0.627. The number of fused-ring (bicyclic) bond motifs is 2. The Bertz CT molecular complexity index is 1170. The second kappa shape index (κ2) is 13.9. The van der Waals surface area contributed by atoms with E-state index in [1.807, 2.05) is 30.5 Å². The van der Waals surface area contributed by atoms with Crippen LogP contribution in [0.25, 0.3) is 22.0 Å². The number of hydrogen-bond donors (Lipinski definition) is 2. The molecule has 4 heteroatoms. The van der Waals surface area contributed by atoms with Crippen molar-refractivity contribution in [1.29, 1.82) is 0 Å². The zero-order valence-corrected chi connectivity index (χ0v) is 26.9. The third-order valence-corrected chi connectivity index (χ3v) is 10.6. The largest absolute Gasteiger partial charge is 0.392 e. The monoisotopic (exact) mass is 707 g/mol. The van der Waals surface area contributed by atoms with Crippen LogP contribution in [0.2, 0.25) is 0 Å². The van der Waals surface area contributed by atoms with Gasteiger partial charge >= 0.3 is 0 Å².